The number of aliphatic hydroxyl groups is 2. The Morgan fingerprint density at radius 2 is 0.775 bits per heavy atom. The summed E-state index contributed by atoms with van der Waals surface area (Å²) in [5.74, 6) is -0.259. The molecule has 0 bridgehead atoms. The molecular weight excluding hydrogens is 1100 g/mol. The van der Waals surface area contributed by atoms with Crippen LogP contribution in [0.2, 0.25) is 0 Å². The van der Waals surface area contributed by atoms with Crippen LogP contribution >= 0.6 is 0 Å². The van der Waals surface area contributed by atoms with Crippen molar-refractivity contribution < 1.29 is 38.7 Å². The molecule has 0 saturated heterocycles. The van der Waals surface area contributed by atoms with Gasteiger partial charge in [0.05, 0.1) is 19.3 Å². The van der Waals surface area contributed by atoms with Gasteiger partial charge in [-0.05, 0) is 129 Å². The highest BCUT2D eigenvalue weighted by molar-refractivity contribution is 5.76. The first-order valence-electron chi connectivity index (χ1n) is 38.7. The maximum atomic E-state index is 14.2. The minimum Gasteiger partial charge on any atom is -0.461 e. The Kier molecular flexibility index (Phi) is 70.9. The lowest BCUT2D eigenvalue weighted by atomic mass is 10.0. The fraction of sp³-hybridized carbons (Fsp3) is 0.873. The molecular formula is C79H150N2O8. The summed E-state index contributed by atoms with van der Waals surface area (Å²) in [6, 6.07) is -0.574. The molecule has 1 amide bonds. The fourth-order valence-electron chi connectivity index (χ4n) is 11.7. The number of rotatable bonds is 72. The summed E-state index contributed by atoms with van der Waals surface area (Å²) in [6.07, 6.45) is 80.2. The van der Waals surface area contributed by atoms with E-state index in [1.807, 2.05) is 11.9 Å². The molecule has 3 atom stereocenters. The Balaban J connectivity index is 5.30. The number of alkyl carbamates (subject to hydrolysis) is 1. The quantitative estimate of drug-likeness (QED) is 0.0310. The molecule has 3 N–H and O–H groups in total. The van der Waals surface area contributed by atoms with E-state index in [1.54, 1.807) is 0 Å². The number of likely N-dealkylation sites (N-methyl/N-ethyl adjacent to an activating group) is 1. The second-order valence-electron chi connectivity index (χ2n) is 26.5. The van der Waals surface area contributed by atoms with Crippen molar-refractivity contribution in [1.82, 2.24) is 10.2 Å². The highest BCUT2D eigenvalue weighted by Crippen LogP contribution is 2.21. The van der Waals surface area contributed by atoms with Crippen molar-refractivity contribution in [2.75, 3.05) is 53.2 Å². The van der Waals surface area contributed by atoms with E-state index in [9.17, 15) is 19.8 Å². The van der Waals surface area contributed by atoms with Crippen LogP contribution in [0.25, 0.3) is 0 Å². The van der Waals surface area contributed by atoms with Crippen LogP contribution < -0.4 is 5.32 Å². The van der Waals surface area contributed by atoms with Crippen LogP contribution in [0.5, 0.6) is 0 Å². The van der Waals surface area contributed by atoms with Gasteiger partial charge in [0.25, 0.3) is 0 Å². The molecule has 0 saturated carbocycles. The third-order valence-electron chi connectivity index (χ3n) is 17.6. The molecule has 0 aromatic heterocycles. The van der Waals surface area contributed by atoms with Gasteiger partial charge in [-0.2, -0.15) is 0 Å². The predicted octanol–water partition coefficient (Wildman–Crippen LogP) is 22.7. The lowest BCUT2D eigenvalue weighted by Gasteiger charge is -2.30. The second kappa shape index (κ2) is 72.9. The SMILES string of the molecule is CCCCC/C=C/C/C=C/CCCCCCCCC(CCCCCCCC/C=C/C/C=C/CCCCC)OC(=O)C(CCCCNC(=O)OCC(COCCCCCCCCCCCCCC)OCCCCCCCCCCCCCC)N(C)CC(O)CO. The van der Waals surface area contributed by atoms with Gasteiger partial charge in [-0.1, -0.05) is 295 Å². The van der Waals surface area contributed by atoms with Gasteiger partial charge < -0.3 is 34.5 Å². The number of carbonyl (C=O) groups excluding carboxylic acids is 2. The first-order valence-corrected chi connectivity index (χ1v) is 38.7. The maximum Gasteiger partial charge on any atom is 0.407 e. The summed E-state index contributed by atoms with van der Waals surface area (Å²) in [5, 5.41) is 23.2. The fourth-order valence-corrected chi connectivity index (χ4v) is 11.7. The Morgan fingerprint density at radius 3 is 1.20 bits per heavy atom. The first kappa shape index (κ1) is 86.5. The zero-order valence-electron chi connectivity index (χ0n) is 59.6. The van der Waals surface area contributed by atoms with Gasteiger partial charge in [0.1, 0.15) is 24.9 Å². The molecule has 0 aliphatic heterocycles. The average molecular weight is 1260 g/mol. The number of carbonyl (C=O) groups is 2. The van der Waals surface area contributed by atoms with Crippen molar-refractivity contribution in [1.29, 1.82) is 0 Å². The van der Waals surface area contributed by atoms with Crippen LogP contribution in [-0.2, 0) is 23.7 Å². The number of ether oxygens (including phenoxy) is 4. The summed E-state index contributed by atoms with van der Waals surface area (Å²) < 4.78 is 24.6. The van der Waals surface area contributed by atoms with Crippen molar-refractivity contribution >= 4 is 12.1 Å². The molecule has 524 valence electrons. The Bertz CT molecular complexity index is 1510. The molecule has 0 heterocycles. The molecule has 10 nitrogen and oxygen atoms in total. The van der Waals surface area contributed by atoms with E-state index in [1.165, 1.54) is 238 Å². The number of aliphatic hydroxyl groups excluding tert-OH is 2. The summed E-state index contributed by atoms with van der Waals surface area (Å²) in [5.41, 5.74) is 0. The normalized spacial score (nSPS) is 13.2. The third-order valence-corrected chi connectivity index (χ3v) is 17.6. The molecule has 0 fully saturated rings. The molecule has 0 aliphatic carbocycles. The number of nitrogens with zero attached hydrogens (tertiary/aromatic N) is 1. The van der Waals surface area contributed by atoms with Crippen molar-refractivity contribution in [2.45, 2.75) is 392 Å². The van der Waals surface area contributed by atoms with Gasteiger partial charge in [0.15, 0.2) is 0 Å². The van der Waals surface area contributed by atoms with Gasteiger partial charge in [-0.15, -0.1) is 0 Å². The Morgan fingerprint density at radius 1 is 0.416 bits per heavy atom. The number of allylic oxidation sites excluding steroid dienone is 8. The lowest BCUT2D eigenvalue weighted by Crippen LogP contribution is -2.45. The van der Waals surface area contributed by atoms with E-state index in [2.05, 4.69) is 81.6 Å². The van der Waals surface area contributed by atoms with Crippen LogP contribution in [-0.4, -0.2) is 105 Å². The van der Waals surface area contributed by atoms with Crippen LogP contribution in [0.4, 0.5) is 4.79 Å². The standard InChI is InChI=1S/C79H150N2O8/c1-6-10-14-18-22-26-30-34-36-38-40-42-46-50-54-58-64-75(65-59-55-51-47-43-41-39-37-35-31-27-23-19-15-11-7-2)89-78(84)77(81(5)70-74(83)71-82)66-60-61-67-80-79(85)88-73-76(87-69-63-57-53-49-45-33-29-25-21-17-13-9-4)72-86-68-62-56-52-48-44-32-28-24-20-16-12-8-3/h22-23,26-27,34-37,74-77,82-83H,6-21,24-25,28-33,38-73H2,1-5H3,(H,80,85)/b26-22+,27-23+,36-34+,37-35+. The minimum atomic E-state index is -0.962. The van der Waals surface area contributed by atoms with E-state index in [-0.39, 0.29) is 37.9 Å². The molecule has 0 aromatic carbocycles. The zero-order chi connectivity index (χ0) is 64.7. The number of hydrogen-bond donors (Lipinski definition) is 3. The molecule has 0 rings (SSSR count). The molecule has 0 aromatic rings. The molecule has 10 heteroatoms. The first-order chi connectivity index (χ1) is 43.8. The summed E-state index contributed by atoms with van der Waals surface area (Å²) in [7, 11) is 1.83. The average Bonchev–Trinajstić information content (AvgIpc) is 3.69. The van der Waals surface area contributed by atoms with E-state index >= 15 is 0 Å². The topological polar surface area (TPSA) is 127 Å². The van der Waals surface area contributed by atoms with Gasteiger partial charge >= 0.3 is 12.1 Å². The summed E-state index contributed by atoms with van der Waals surface area (Å²) in [4.78, 5) is 29.1. The largest absolute Gasteiger partial charge is 0.461 e. The van der Waals surface area contributed by atoms with Crippen molar-refractivity contribution in [3.63, 3.8) is 0 Å². The molecule has 0 radical (unpaired) electrons. The van der Waals surface area contributed by atoms with E-state index in [0.717, 1.165) is 83.5 Å². The van der Waals surface area contributed by atoms with Crippen molar-refractivity contribution in [3.05, 3.63) is 48.6 Å². The van der Waals surface area contributed by atoms with Gasteiger partial charge in [-0.25, -0.2) is 4.79 Å². The van der Waals surface area contributed by atoms with E-state index in [4.69, 9.17) is 18.9 Å². The molecule has 89 heavy (non-hydrogen) atoms. The van der Waals surface area contributed by atoms with Crippen LogP contribution in [0, 0.1) is 0 Å². The number of esters is 1. The van der Waals surface area contributed by atoms with Crippen molar-refractivity contribution in [2.24, 2.45) is 0 Å². The highest BCUT2D eigenvalue weighted by atomic mass is 16.6. The minimum absolute atomic E-state index is 0.140. The highest BCUT2D eigenvalue weighted by Gasteiger charge is 2.28. The number of unbranched alkanes of at least 4 members (excludes halogenated alkanes) is 41. The van der Waals surface area contributed by atoms with E-state index in [0.29, 0.717) is 45.6 Å². The monoisotopic (exact) mass is 1260 g/mol. The number of hydrogen-bond acceptors (Lipinski definition) is 9. The van der Waals surface area contributed by atoms with Crippen LogP contribution in [0.15, 0.2) is 48.6 Å². The number of amides is 1. The molecule has 0 spiro atoms. The van der Waals surface area contributed by atoms with Crippen LogP contribution in [0.1, 0.15) is 368 Å². The Hall–Kier alpha value is -2.50. The molecule has 3 unspecified atom stereocenters. The second-order valence-corrected chi connectivity index (χ2v) is 26.5. The predicted molar refractivity (Wildman–Crippen MR) is 383 cm³/mol. The van der Waals surface area contributed by atoms with E-state index < -0.39 is 18.2 Å². The van der Waals surface area contributed by atoms with Crippen molar-refractivity contribution in [3.8, 4) is 0 Å². The van der Waals surface area contributed by atoms with Gasteiger partial charge in [0.2, 0.25) is 0 Å². The zero-order valence-corrected chi connectivity index (χ0v) is 59.6. The third kappa shape index (κ3) is 65.4. The molecule has 0 aliphatic rings. The number of nitrogens with one attached hydrogen (secondary N) is 1. The van der Waals surface area contributed by atoms with Gasteiger partial charge in [0, 0.05) is 26.3 Å². The lowest BCUT2D eigenvalue weighted by molar-refractivity contribution is -0.156. The smallest absolute Gasteiger partial charge is 0.407 e. The van der Waals surface area contributed by atoms with Crippen LogP contribution in [0.3, 0.4) is 0 Å². The van der Waals surface area contributed by atoms with Gasteiger partial charge in [-0.3, -0.25) is 9.69 Å². The maximum absolute atomic E-state index is 14.2. The summed E-state index contributed by atoms with van der Waals surface area (Å²) in [6.45, 7) is 11.1. The Labute approximate surface area is 552 Å². The summed E-state index contributed by atoms with van der Waals surface area (Å²) >= 11 is 0.